The Morgan fingerprint density at radius 3 is 2.00 bits per heavy atom. The van der Waals surface area contributed by atoms with Gasteiger partial charge in [-0.25, -0.2) is 9.59 Å². The van der Waals surface area contributed by atoms with Crippen LogP contribution in [0.3, 0.4) is 0 Å². The fourth-order valence-corrected chi connectivity index (χ4v) is 2.85. The van der Waals surface area contributed by atoms with Crippen molar-refractivity contribution in [1.82, 2.24) is 0 Å². The van der Waals surface area contributed by atoms with Gasteiger partial charge in [0.1, 0.15) is 30.1 Å². The molecule has 166 valence electrons. The van der Waals surface area contributed by atoms with E-state index in [1.54, 1.807) is 32.9 Å². The lowest BCUT2D eigenvalue weighted by molar-refractivity contribution is 0.0466. The molecule has 0 heterocycles. The number of carbonyl (C=O) groups is 2. The van der Waals surface area contributed by atoms with E-state index in [0.717, 1.165) is 11.1 Å². The van der Waals surface area contributed by atoms with E-state index in [9.17, 15) is 9.59 Å². The van der Waals surface area contributed by atoms with Gasteiger partial charge in [0.25, 0.3) is 0 Å². The number of esters is 1. The smallest absolute Gasteiger partial charge is 0.412 e. The molecule has 0 spiro atoms. The second-order valence-corrected chi connectivity index (χ2v) is 8.17. The number of nitrogens with one attached hydrogen (secondary N) is 1. The zero-order chi connectivity index (χ0) is 23.0. The average Bonchev–Trinajstić information content (AvgIpc) is 2.76. The topological polar surface area (TPSA) is 73.9 Å². The van der Waals surface area contributed by atoms with E-state index >= 15 is 0 Å². The van der Waals surface area contributed by atoms with E-state index in [-0.39, 0.29) is 12.2 Å². The first-order valence-corrected chi connectivity index (χ1v) is 10.3. The number of hydrogen-bond acceptors (Lipinski definition) is 5. The summed E-state index contributed by atoms with van der Waals surface area (Å²) in [5.41, 5.74) is 1.81. The van der Waals surface area contributed by atoms with Gasteiger partial charge in [-0.1, -0.05) is 60.7 Å². The number of hydrogen-bond donors (Lipinski definition) is 1. The normalized spacial score (nSPS) is 10.8. The van der Waals surface area contributed by atoms with Crippen LogP contribution < -0.4 is 10.1 Å². The molecule has 0 aromatic heterocycles. The Hall–Kier alpha value is -3.80. The molecule has 3 aromatic carbocycles. The molecule has 0 unspecified atom stereocenters. The highest BCUT2D eigenvalue weighted by Gasteiger charge is 2.19. The average molecular weight is 434 g/mol. The Morgan fingerprint density at radius 2 is 1.41 bits per heavy atom. The van der Waals surface area contributed by atoms with Crippen LogP contribution in [0.25, 0.3) is 0 Å². The van der Waals surface area contributed by atoms with Crippen LogP contribution in [0, 0.1) is 0 Å². The fraction of sp³-hybridized carbons (Fsp3) is 0.231. The SMILES string of the molecule is CC(C)(C)OC(=O)Nc1ccc(OCc2ccccc2)c(C(=O)OCc2ccccc2)c1. The summed E-state index contributed by atoms with van der Waals surface area (Å²) in [6, 6.07) is 23.8. The summed E-state index contributed by atoms with van der Waals surface area (Å²) >= 11 is 0. The van der Waals surface area contributed by atoms with Gasteiger partial charge in [0, 0.05) is 5.69 Å². The van der Waals surface area contributed by atoms with E-state index in [0.29, 0.717) is 18.0 Å². The Balaban J connectivity index is 1.78. The van der Waals surface area contributed by atoms with Gasteiger partial charge in [-0.15, -0.1) is 0 Å². The summed E-state index contributed by atoms with van der Waals surface area (Å²) in [6.45, 7) is 5.75. The highest BCUT2D eigenvalue weighted by Crippen LogP contribution is 2.26. The van der Waals surface area contributed by atoms with E-state index in [1.165, 1.54) is 6.07 Å². The van der Waals surface area contributed by atoms with Crippen LogP contribution in [0.2, 0.25) is 0 Å². The van der Waals surface area contributed by atoms with Crippen molar-refractivity contribution in [3.05, 3.63) is 95.6 Å². The number of anilines is 1. The Morgan fingerprint density at radius 1 is 0.812 bits per heavy atom. The molecule has 0 saturated carbocycles. The van der Waals surface area contributed by atoms with Gasteiger partial charge in [-0.2, -0.15) is 0 Å². The Kier molecular flexibility index (Phi) is 7.49. The zero-order valence-electron chi connectivity index (χ0n) is 18.5. The Labute approximate surface area is 188 Å². The third-order valence-corrected chi connectivity index (χ3v) is 4.29. The van der Waals surface area contributed by atoms with Crippen molar-refractivity contribution in [2.45, 2.75) is 39.6 Å². The van der Waals surface area contributed by atoms with Gasteiger partial charge in [0.2, 0.25) is 0 Å². The molecule has 6 nitrogen and oxygen atoms in total. The summed E-state index contributed by atoms with van der Waals surface area (Å²) in [5.74, 6) is -0.189. The molecule has 6 heteroatoms. The van der Waals surface area contributed by atoms with Crippen LogP contribution in [0.1, 0.15) is 42.3 Å². The van der Waals surface area contributed by atoms with Crippen LogP contribution in [-0.4, -0.2) is 17.7 Å². The largest absolute Gasteiger partial charge is 0.488 e. The van der Waals surface area contributed by atoms with Crippen molar-refractivity contribution in [3.8, 4) is 5.75 Å². The van der Waals surface area contributed by atoms with Crippen molar-refractivity contribution in [2.24, 2.45) is 0 Å². The number of carbonyl (C=O) groups excluding carboxylic acids is 2. The van der Waals surface area contributed by atoms with Crippen LogP contribution in [0.4, 0.5) is 10.5 Å². The molecule has 0 aliphatic heterocycles. The van der Waals surface area contributed by atoms with Crippen LogP contribution in [0.5, 0.6) is 5.75 Å². The van der Waals surface area contributed by atoms with Crippen LogP contribution in [0.15, 0.2) is 78.9 Å². The summed E-state index contributed by atoms with van der Waals surface area (Å²) in [4.78, 5) is 25.0. The minimum absolute atomic E-state index is 0.127. The van der Waals surface area contributed by atoms with Gasteiger partial charge in [-0.3, -0.25) is 5.32 Å². The lowest BCUT2D eigenvalue weighted by Gasteiger charge is -2.20. The van der Waals surface area contributed by atoms with Crippen LogP contribution >= 0.6 is 0 Å². The maximum atomic E-state index is 12.9. The molecule has 32 heavy (non-hydrogen) atoms. The molecular formula is C26H27NO5. The summed E-state index contributed by atoms with van der Waals surface area (Å²) in [7, 11) is 0. The van der Waals surface area contributed by atoms with Gasteiger partial charge in [-0.05, 0) is 50.1 Å². The molecule has 0 radical (unpaired) electrons. The van der Waals surface area contributed by atoms with Gasteiger partial charge < -0.3 is 14.2 Å². The minimum Gasteiger partial charge on any atom is -0.488 e. The van der Waals surface area contributed by atoms with Crippen molar-refractivity contribution in [3.63, 3.8) is 0 Å². The molecule has 0 aliphatic rings. The maximum Gasteiger partial charge on any atom is 0.412 e. The van der Waals surface area contributed by atoms with Gasteiger partial charge in [0.15, 0.2) is 0 Å². The van der Waals surface area contributed by atoms with Crippen molar-refractivity contribution in [1.29, 1.82) is 0 Å². The van der Waals surface area contributed by atoms with Crippen molar-refractivity contribution in [2.75, 3.05) is 5.32 Å². The van der Waals surface area contributed by atoms with Crippen molar-refractivity contribution < 1.29 is 23.8 Å². The molecular weight excluding hydrogens is 406 g/mol. The lowest BCUT2D eigenvalue weighted by Crippen LogP contribution is -2.27. The van der Waals surface area contributed by atoms with Gasteiger partial charge >= 0.3 is 12.1 Å². The fourth-order valence-electron chi connectivity index (χ4n) is 2.85. The molecule has 0 aliphatic carbocycles. The third-order valence-electron chi connectivity index (χ3n) is 4.29. The van der Waals surface area contributed by atoms with E-state index in [1.807, 2.05) is 60.7 Å². The molecule has 0 atom stereocenters. The first-order chi connectivity index (χ1) is 15.3. The standard InChI is InChI=1S/C26H27NO5/c1-26(2,3)32-25(29)27-21-14-15-23(30-17-19-10-6-4-7-11-19)22(16-21)24(28)31-18-20-12-8-5-9-13-20/h4-16H,17-18H2,1-3H3,(H,27,29). The summed E-state index contributed by atoms with van der Waals surface area (Å²) in [6.07, 6.45) is -0.612. The highest BCUT2D eigenvalue weighted by atomic mass is 16.6. The Bertz CT molecular complexity index is 1040. The molecule has 1 amide bonds. The van der Waals surface area contributed by atoms with E-state index < -0.39 is 17.7 Å². The summed E-state index contributed by atoms with van der Waals surface area (Å²) < 4.78 is 16.7. The van der Waals surface area contributed by atoms with Crippen molar-refractivity contribution >= 4 is 17.7 Å². The summed E-state index contributed by atoms with van der Waals surface area (Å²) in [5, 5.41) is 2.64. The monoisotopic (exact) mass is 433 g/mol. The molecule has 0 fully saturated rings. The quantitative estimate of drug-likeness (QED) is 0.465. The number of rotatable bonds is 7. The molecule has 3 rings (SSSR count). The third kappa shape index (κ3) is 7.16. The number of benzene rings is 3. The molecule has 1 N–H and O–H groups in total. The minimum atomic E-state index is -0.639. The molecule has 0 bridgehead atoms. The predicted octanol–water partition coefficient (Wildman–Crippen LogP) is 5.97. The van der Waals surface area contributed by atoms with Gasteiger partial charge in [0.05, 0.1) is 0 Å². The first-order valence-electron chi connectivity index (χ1n) is 10.3. The predicted molar refractivity (Wildman–Crippen MR) is 123 cm³/mol. The van der Waals surface area contributed by atoms with E-state index in [2.05, 4.69) is 5.32 Å². The first kappa shape index (κ1) is 22.9. The number of ether oxygens (including phenoxy) is 3. The number of amides is 1. The lowest BCUT2D eigenvalue weighted by atomic mass is 10.1. The second-order valence-electron chi connectivity index (χ2n) is 8.17. The second kappa shape index (κ2) is 10.5. The van der Waals surface area contributed by atoms with Crippen LogP contribution in [-0.2, 0) is 22.7 Å². The molecule has 0 saturated heterocycles. The molecule has 3 aromatic rings. The van der Waals surface area contributed by atoms with E-state index in [4.69, 9.17) is 14.2 Å². The zero-order valence-corrected chi connectivity index (χ0v) is 18.5. The highest BCUT2D eigenvalue weighted by molar-refractivity contribution is 5.95. The maximum absolute atomic E-state index is 12.9.